The van der Waals surface area contributed by atoms with E-state index in [1.807, 2.05) is 18.2 Å². The van der Waals surface area contributed by atoms with Crippen LogP contribution in [0.1, 0.15) is 5.69 Å². The zero-order chi connectivity index (χ0) is 21.8. The second-order valence-corrected chi connectivity index (χ2v) is 6.40. The number of nitrogens with two attached hydrogens (primary N) is 1. The van der Waals surface area contributed by atoms with Crippen molar-refractivity contribution in [3.8, 4) is 11.4 Å². The molecule has 2 aromatic carbocycles. The van der Waals surface area contributed by atoms with E-state index < -0.39 is 17.1 Å². The van der Waals surface area contributed by atoms with E-state index in [4.69, 9.17) is 5.73 Å². The van der Waals surface area contributed by atoms with E-state index in [0.29, 0.717) is 11.4 Å². The molecule has 154 valence electrons. The van der Waals surface area contributed by atoms with Gasteiger partial charge in [0, 0.05) is 18.3 Å². The summed E-state index contributed by atoms with van der Waals surface area (Å²) < 4.78 is 30.4. The summed E-state index contributed by atoms with van der Waals surface area (Å²) in [5, 5.41) is 8.08. The van der Waals surface area contributed by atoms with Gasteiger partial charge in [-0.1, -0.05) is 18.2 Å². The van der Waals surface area contributed by atoms with Gasteiger partial charge in [0.2, 0.25) is 5.43 Å². The lowest BCUT2D eigenvalue weighted by atomic mass is 10.2. The van der Waals surface area contributed by atoms with E-state index in [-0.39, 0.29) is 17.1 Å². The molecule has 4 rings (SSSR count). The van der Waals surface area contributed by atoms with Crippen LogP contribution in [0.25, 0.3) is 11.4 Å². The van der Waals surface area contributed by atoms with Crippen LogP contribution in [0, 0.1) is 11.6 Å². The lowest BCUT2D eigenvalue weighted by Gasteiger charge is -2.10. The van der Waals surface area contributed by atoms with Crippen molar-refractivity contribution in [2.75, 3.05) is 0 Å². The van der Waals surface area contributed by atoms with Gasteiger partial charge in [0.05, 0.1) is 29.5 Å². The third-order valence-corrected chi connectivity index (χ3v) is 4.30. The molecule has 0 radical (unpaired) electrons. The van der Waals surface area contributed by atoms with Gasteiger partial charge in [0.1, 0.15) is 5.69 Å². The normalized spacial score (nSPS) is 11.9. The average Bonchev–Trinajstić information content (AvgIpc) is 3.21. The predicted molar refractivity (Wildman–Crippen MR) is 113 cm³/mol. The number of allylic oxidation sites excluding steroid dienone is 1. The summed E-state index contributed by atoms with van der Waals surface area (Å²) >= 11 is 0. The number of benzene rings is 2. The molecule has 31 heavy (non-hydrogen) atoms. The summed E-state index contributed by atoms with van der Waals surface area (Å²) in [5.41, 5.74) is 6.40. The number of nitrogens with zero attached hydrogens (tertiary/aromatic N) is 5. The first-order chi connectivity index (χ1) is 15.0. The number of rotatable bonds is 5. The highest BCUT2D eigenvalue weighted by Gasteiger charge is 2.13. The van der Waals surface area contributed by atoms with Gasteiger partial charge >= 0.3 is 0 Å². The lowest BCUT2D eigenvalue weighted by Crippen LogP contribution is -2.21. The molecule has 0 spiro atoms. The van der Waals surface area contributed by atoms with Crippen LogP contribution in [0.2, 0.25) is 0 Å². The molecule has 9 heteroatoms. The molecule has 0 amide bonds. The molecule has 0 atom stereocenters. The SMILES string of the molecule is NC=CC(=Nc1ccccc1)c1nn(-c2ccc(-n3cc(F)cn3)cc2F)ccc1=O. The Morgan fingerprint density at radius 2 is 1.87 bits per heavy atom. The zero-order valence-corrected chi connectivity index (χ0v) is 16.1. The topological polar surface area (TPSA) is 91.1 Å². The number of aromatic nitrogens is 4. The van der Waals surface area contributed by atoms with Crippen molar-refractivity contribution >= 4 is 11.4 Å². The van der Waals surface area contributed by atoms with E-state index in [1.165, 1.54) is 46.0 Å². The van der Waals surface area contributed by atoms with Crippen molar-refractivity contribution in [1.82, 2.24) is 19.6 Å². The number of hydrogen-bond donors (Lipinski definition) is 1. The highest BCUT2D eigenvalue weighted by atomic mass is 19.1. The standard InChI is InChI=1S/C22H16F2N6O/c23-15-13-26-30(14-15)17-6-7-20(18(24)12-17)29-11-9-21(31)22(28-29)19(8-10-25)27-16-4-2-1-3-5-16/h1-14H,25H2. The van der Waals surface area contributed by atoms with E-state index >= 15 is 0 Å². The van der Waals surface area contributed by atoms with Gasteiger partial charge in [-0.15, -0.1) is 0 Å². The molecule has 2 aromatic heterocycles. The average molecular weight is 418 g/mol. The van der Waals surface area contributed by atoms with Crippen LogP contribution >= 0.6 is 0 Å². The van der Waals surface area contributed by atoms with E-state index in [2.05, 4.69) is 15.2 Å². The minimum absolute atomic E-state index is 0.00526. The third-order valence-electron chi connectivity index (χ3n) is 4.30. The maximum Gasteiger partial charge on any atom is 0.209 e. The summed E-state index contributed by atoms with van der Waals surface area (Å²) in [7, 11) is 0. The predicted octanol–water partition coefficient (Wildman–Crippen LogP) is 3.29. The van der Waals surface area contributed by atoms with Gasteiger partial charge in [-0.2, -0.15) is 10.2 Å². The second-order valence-electron chi connectivity index (χ2n) is 6.40. The minimum Gasteiger partial charge on any atom is -0.405 e. The molecule has 2 heterocycles. The number of aliphatic imine (C=N–C) groups is 1. The van der Waals surface area contributed by atoms with Crippen LogP contribution < -0.4 is 11.2 Å². The van der Waals surface area contributed by atoms with Crippen molar-refractivity contribution in [1.29, 1.82) is 0 Å². The fourth-order valence-corrected chi connectivity index (χ4v) is 2.89. The lowest BCUT2D eigenvalue weighted by molar-refractivity contribution is 0.605. The molecular formula is C22H16F2N6O. The summed E-state index contributed by atoms with van der Waals surface area (Å²) in [5.74, 6) is -1.17. The van der Waals surface area contributed by atoms with Crippen LogP contribution in [0.3, 0.4) is 0 Å². The first-order valence-corrected chi connectivity index (χ1v) is 9.18. The Balaban J connectivity index is 1.77. The van der Waals surface area contributed by atoms with Crippen LogP contribution in [0.15, 0.2) is 95.3 Å². The molecule has 0 aliphatic rings. The van der Waals surface area contributed by atoms with Crippen molar-refractivity contribution < 1.29 is 8.78 Å². The van der Waals surface area contributed by atoms with E-state index in [0.717, 1.165) is 12.4 Å². The summed E-state index contributed by atoms with van der Waals surface area (Å²) in [4.78, 5) is 16.9. The van der Waals surface area contributed by atoms with Crippen molar-refractivity contribution in [3.05, 3.63) is 113 Å². The Hall–Kier alpha value is -4.40. The molecule has 0 saturated carbocycles. The Bertz CT molecular complexity index is 1340. The van der Waals surface area contributed by atoms with Crippen molar-refractivity contribution in [3.63, 3.8) is 0 Å². The molecule has 0 unspecified atom stereocenters. The highest BCUT2D eigenvalue weighted by molar-refractivity contribution is 6.08. The van der Waals surface area contributed by atoms with Crippen molar-refractivity contribution in [2.24, 2.45) is 10.7 Å². The summed E-state index contributed by atoms with van der Waals surface area (Å²) in [6.07, 6.45) is 6.21. The Morgan fingerprint density at radius 1 is 1.06 bits per heavy atom. The minimum atomic E-state index is -0.633. The highest BCUT2D eigenvalue weighted by Crippen LogP contribution is 2.17. The van der Waals surface area contributed by atoms with E-state index in [9.17, 15) is 13.6 Å². The van der Waals surface area contributed by atoms with Crippen LogP contribution in [-0.2, 0) is 0 Å². The Labute approximate surface area is 175 Å². The fourth-order valence-electron chi connectivity index (χ4n) is 2.89. The molecule has 0 bridgehead atoms. The summed E-state index contributed by atoms with van der Waals surface area (Å²) in [6, 6.07) is 14.5. The molecule has 0 fully saturated rings. The molecule has 0 aliphatic heterocycles. The molecule has 4 aromatic rings. The fraction of sp³-hybridized carbons (Fsp3) is 0. The molecule has 0 saturated heterocycles. The quantitative estimate of drug-likeness (QED) is 0.504. The first-order valence-electron chi connectivity index (χ1n) is 9.18. The van der Waals surface area contributed by atoms with Crippen LogP contribution in [-0.4, -0.2) is 25.3 Å². The van der Waals surface area contributed by atoms with Gasteiger partial charge in [0.15, 0.2) is 17.3 Å². The van der Waals surface area contributed by atoms with Gasteiger partial charge < -0.3 is 5.73 Å². The van der Waals surface area contributed by atoms with Crippen LogP contribution in [0.4, 0.5) is 14.5 Å². The molecule has 7 nitrogen and oxygen atoms in total. The molecule has 2 N–H and O–H groups in total. The first kappa shape index (κ1) is 19.9. The summed E-state index contributed by atoms with van der Waals surface area (Å²) in [6.45, 7) is 0. The molecular weight excluding hydrogens is 402 g/mol. The maximum absolute atomic E-state index is 14.8. The smallest absolute Gasteiger partial charge is 0.209 e. The maximum atomic E-state index is 14.8. The third kappa shape index (κ3) is 4.30. The number of para-hydroxylation sites is 1. The van der Waals surface area contributed by atoms with Gasteiger partial charge in [0.25, 0.3) is 0 Å². The zero-order valence-electron chi connectivity index (χ0n) is 16.1. The van der Waals surface area contributed by atoms with Crippen LogP contribution in [0.5, 0.6) is 0 Å². The molecule has 0 aliphatic carbocycles. The van der Waals surface area contributed by atoms with Gasteiger partial charge in [-0.05, 0) is 36.5 Å². The monoisotopic (exact) mass is 418 g/mol. The Kier molecular flexibility index (Phi) is 5.48. The second kappa shape index (κ2) is 8.54. The number of halogens is 2. The van der Waals surface area contributed by atoms with E-state index in [1.54, 1.807) is 18.2 Å². The Morgan fingerprint density at radius 3 is 2.55 bits per heavy atom. The largest absolute Gasteiger partial charge is 0.405 e. The number of hydrogen-bond acceptors (Lipinski definition) is 5. The van der Waals surface area contributed by atoms with Crippen molar-refractivity contribution in [2.45, 2.75) is 0 Å². The van der Waals surface area contributed by atoms with Gasteiger partial charge in [-0.25, -0.2) is 23.1 Å². The van der Waals surface area contributed by atoms with Gasteiger partial charge in [-0.3, -0.25) is 4.79 Å².